The van der Waals surface area contributed by atoms with Gasteiger partial charge in [-0.2, -0.15) is 5.26 Å². The maximum Gasteiger partial charge on any atom is 0.269 e. The number of piperidine rings is 2. The quantitative estimate of drug-likeness (QED) is 0.236. The number of carbonyl (C=O) groups excluding carboxylic acids is 5. The average Bonchev–Trinajstić information content (AvgIpc) is 3.51. The predicted octanol–water partition coefficient (Wildman–Crippen LogP) is 4.17. The van der Waals surface area contributed by atoms with Crippen molar-refractivity contribution in [3.05, 3.63) is 82.9 Å². The molecule has 16 nitrogen and oxygen atoms in total. The average molecular weight is 857 g/mol. The summed E-state index contributed by atoms with van der Waals surface area (Å²) in [5.41, 5.74) is 4.98. The summed E-state index contributed by atoms with van der Waals surface area (Å²) in [4.78, 5) is 80.7. The summed E-state index contributed by atoms with van der Waals surface area (Å²) in [5.74, 6) is -2.01. The van der Waals surface area contributed by atoms with Gasteiger partial charge in [0.2, 0.25) is 5.91 Å². The number of rotatable bonds is 9. The zero-order valence-electron chi connectivity index (χ0n) is 35.7. The van der Waals surface area contributed by atoms with E-state index in [0.717, 1.165) is 43.4 Å². The van der Waals surface area contributed by atoms with Crippen molar-refractivity contribution in [2.24, 2.45) is 22.5 Å². The predicted molar refractivity (Wildman–Crippen MR) is 228 cm³/mol. The van der Waals surface area contributed by atoms with Gasteiger partial charge in [0, 0.05) is 74.6 Å². The van der Waals surface area contributed by atoms with E-state index in [4.69, 9.17) is 10.5 Å². The van der Waals surface area contributed by atoms with Gasteiger partial charge in [0.1, 0.15) is 29.8 Å². The van der Waals surface area contributed by atoms with Crippen LogP contribution < -0.4 is 20.3 Å². The fourth-order valence-electron chi connectivity index (χ4n) is 11.1. The van der Waals surface area contributed by atoms with Crippen molar-refractivity contribution in [2.45, 2.75) is 71.6 Å². The lowest BCUT2D eigenvalue weighted by atomic mass is 9.48. The number of nitriles is 1. The van der Waals surface area contributed by atoms with Gasteiger partial charge in [-0.3, -0.25) is 43.7 Å². The monoisotopic (exact) mass is 856 g/mol. The smallest absolute Gasteiger partial charge is 0.269 e. The van der Waals surface area contributed by atoms with Crippen LogP contribution in [0.1, 0.15) is 90.1 Å². The van der Waals surface area contributed by atoms with Crippen LogP contribution in [0.3, 0.4) is 0 Å². The summed E-state index contributed by atoms with van der Waals surface area (Å²) in [5, 5.41) is 18.4. The Morgan fingerprint density at radius 1 is 0.873 bits per heavy atom. The number of aromatic nitrogens is 3. The molecule has 0 spiro atoms. The number of carbonyl (C=O) groups is 5. The van der Waals surface area contributed by atoms with Crippen LogP contribution in [-0.4, -0.2) is 123 Å². The summed E-state index contributed by atoms with van der Waals surface area (Å²) in [6.45, 7) is 12.6. The number of likely N-dealkylation sites (tertiary alicyclic amines) is 1. The van der Waals surface area contributed by atoms with E-state index in [0.29, 0.717) is 60.1 Å². The molecule has 17 heteroatoms. The number of benzene rings is 2. The molecule has 0 radical (unpaired) electrons. The SMILES string of the molecule is CC1(C)C(Oc2ccc(C#N)c3ncccc23)C(C)(C)C1N1C(=O)CCC(N2C(=O)c3cc(F)c(N4CCN(CC5CCN(c6ccc(C(N)=O)nn6)CC5)CC4)cc3C2=O)C1=O. The normalized spacial score (nSPS) is 23.8. The number of primary amides is 1. The largest absolute Gasteiger partial charge is 0.488 e. The molecule has 4 aliphatic heterocycles. The molecule has 3 saturated heterocycles. The number of nitrogens with zero attached hydrogens (tertiary/aromatic N) is 9. The fraction of sp³-hybridized carbons (Fsp3) is 0.457. The molecule has 4 fully saturated rings. The Labute approximate surface area is 363 Å². The Morgan fingerprint density at radius 2 is 1.57 bits per heavy atom. The van der Waals surface area contributed by atoms with Gasteiger partial charge in [-0.15, -0.1) is 10.2 Å². The first-order chi connectivity index (χ1) is 30.1. The van der Waals surface area contributed by atoms with Gasteiger partial charge < -0.3 is 20.3 Å². The number of nitrogens with two attached hydrogens (primary N) is 1. The molecule has 63 heavy (non-hydrogen) atoms. The maximum atomic E-state index is 15.9. The number of pyridine rings is 1. The van der Waals surface area contributed by atoms with Crippen LogP contribution in [0, 0.1) is 33.9 Å². The number of hydrogen-bond acceptors (Lipinski definition) is 13. The molecule has 1 saturated carbocycles. The van der Waals surface area contributed by atoms with E-state index in [2.05, 4.69) is 31.1 Å². The highest BCUT2D eigenvalue weighted by atomic mass is 19.1. The highest BCUT2D eigenvalue weighted by Gasteiger charge is 2.68. The van der Waals surface area contributed by atoms with Crippen molar-refractivity contribution in [3.63, 3.8) is 0 Å². The Balaban J connectivity index is 0.848. The highest BCUT2D eigenvalue weighted by molar-refractivity contribution is 6.24. The van der Waals surface area contributed by atoms with E-state index in [1.165, 1.54) is 11.0 Å². The van der Waals surface area contributed by atoms with Crippen LogP contribution in [0.5, 0.6) is 5.75 Å². The molecule has 6 heterocycles. The number of piperazine rings is 1. The van der Waals surface area contributed by atoms with E-state index in [1.54, 1.807) is 36.5 Å². The Hall–Kier alpha value is -6.54. The van der Waals surface area contributed by atoms with Crippen LogP contribution in [0.2, 0.25) is 0 Å². The second-order valence-corrected chi connectivity index (χ2v) is 18.5. The van der Waals surface area contributed by atoms with Gasteiger partial charge >= 0.3 is 0 Å². The van der Waals surface area contributed by atoms with Gasteiger partial charge in [0.15, 0.2) is 11.5 Å². The molecule has 1 aliphatic carbocycles. The summed E-state index contributed by atoms with van der Waals surface area (Å²) in [6, 6.07) is 13.2. The minimum Gasteiger partial charge on any atom is -0.488 e. The highest BCUT2D eigenvalue weighted by Crippen LogP contribution is 2.59. The van der Waals surface area contributed by atoms with Gasteiger partial charge in [-0.25, -0.2) is 4.39 Å². The number of amides is 5. The Kier molecular flexibility index (Phi) is 10.4. The molecule has 5 aliphatic rings. The van der Waals surface area contributed by atoms with E-state index >= 15 is 4.39 Å². The number of ether oxygens (including phenoxy) is 1. The molecular formula is C46H49FN10O6. The second-order valence-electron chi connectivity index (χ2n) is 18.5. The summed E-state index contributed by atoms with van der Waals surface area (Å²) in [6.07, 6.45) is 2.95. The molecule has 1 atom stereocenters. The van der Waals surface area contributed by atoms with Crippen LogP contribution in [0.4, 0.5) is 15.9 Å². The first-order valence-corrected chi connectivity index (χ1v) is 21.5. The number of anilines is 2. The molecule has 2 aromatic heterocycles. The third-order valence-corrected chi connectivity index (χ3v) is 13.9. The van der Waals surface area contributed by atoms with E-state index in [9.17, 15) is 29.2 Å². The number of fused-ring (bicyclic) bond motifs is 2. The summed E-state index contributed by atoms with van der Waals surface area (Å²) >= 11 is 0. The lowest BCUT2D eigenvalue weighted by Crippen LogP contribution is -2.77. The van der Waals surface area contributed by atoms with Crippen molar-refractivity contribution in [2.75, 3.05) is 55.6 Å². The van der Waals surface area contributed by atoms with E-state index < -0.39 is 64.4 Å². The topological polar surface area (TPSA) is 199 Å². The van der Waals surface area contributed by atoms with Gasteiger partial charge in [0.25, 0.3) is 23.6 Å². The van der Waals surface area contributed by atoms with Crippen LogP contribution in [0.25, 0.3) is 10.9 Å². The molecule has 9 rings (SSSR count). The van der Waals surface area contributed by atoms with Crippen molar-refractivity contribution in [1.29, 1.82) is 5.26 Å². The first-order valence-electron chi connectivity index (χ1n) is 21.5. The lowest BCUT2D eigenvalue weighted by molar-refractivity contribution is -0.215. The number of imide groups is 2. The van der Waals surface area contributed by atoms with Crippen molar-refractivity contribution in [3.8, 4) is 11.8 Å². The van der Waals surface area contributed by atoms with Gasteiger partial charge in [0.05, 0.1) is 33.9 Å². The second kappa shape index (κ2) is 15.7. The van der Waals surface area contributed by atoms with Crippen LogP contribution >= 0.6 is 0 Å². The molecule has 2 N–H and O–H groups in total. The molecule has 5 amide bonds. The zero-order chi connectivity index (χ0) is 44.5. The maximum absolute atomic E-state index is 15.9. The minimum atomic E-state index is -1.24. The van der Waals surface area contributed by atoms with Crippen LogP contribution in [0.15, 0.2) is 54.7 Å². The third-order valence-electron chi connectivity index (χ3n) is 13.9. The van der Waals surface area contributed by atoms with Crippen molar-refractivity contribution >= 4 is 51.9 Å². The Morgan fingerprint density at radius 3 is 2.22 bits per heavy atom. The van der Waals surface area contributed by atoms with Gasteiger partial charge in [-0.1, -0.05) is 27.7 Å². The fourth-order valence-corrected chi connectivity index (χ4v) is 11.1. The summed E-state index contributed by atoms with van der Waals surface area (Å²) < 4.78 is 22.6. The molecule has 2 aromatic carbocycles. The van der Waals surface area contributed by atoms with E-state index in [-0.39, 0.29) is 35.3 Å². The zero-order valence-corrected chi connectivity index (χ0v) is 35.7. The van der Waals surface area contributed by atoms with Gasteiger partial charge in [-0.05, 0) is 73.7 Å². The number of halogens is 1. The first kappa shape index (κ1) is 41.8. The number of hydrogen-bond donors (Lipinski definition) is 1. The molecule has 1 unspecified atom stereocenters. The third kappa shape index (κ3) is 7.00. The minimum absolute atomic E-state index is 0.0359. The summed E-state index contributed by atoms with van der Waals surface area (Å²) in [7, 11) is 0. The molecule has 326 valence electrons. The molecular weight excluding hydrogens is 808 g/mol. The van der Waals surface area contributed by atoms with Crippen molar-refractivity contribution in [1.82, 2.24) is 29.9 Å². The lowest BCUT2D eigenvalue weighted by Gasteiger charge is -2.66. The molecule has 4 aromatic rings. The van der Waals surface area contributed by atoms with Crippen LogP contribution in [-0.2, 0) is 9.59 Å². The van der Waals surface area contributed by atoms with Crippen molar-refractivity contribution < 1.29 is 33.1 Å². The Bertz CT molecular complexity index is 2580. The van der Waals surface area contributed by atoms with E-state index in [1.807, 2.05) is 38.7 Å². The standard InChI is InChI=1S/C46H49FN10O6/c1-45(2)43(46(3,4)44(45)63-35-10-7-27(24-48)38-28(35)6-5-15-50-38)57-37(58)12-9-33(42(57)62)56-40(60)29-22-31(47)34(23-30(29)41(56)61)54-20-18-53(19-21-54)25-26-13-16-55(17-14-26)36-11-8-32(39(49)59)51-52-36/h5-8,10-11,15,22-23,26,33,43-44H,9,12-14,16-21,25H2,1-4H3,(H2,49,59). The molecule has 0 bridgehead atoms.